The number of aryl methyl sites for hydroxylation is 2. The van der Waals surface area contributed by atoms with Crippen molar-refractivity contribution in [3.63, 3.8) is 0 Å². The fourth-order valence-corrected chi connectivity index (χ4v) is 3.38. The monoisotopic (exact) mass is 281 g/mol. The molecule has 0 fully saturated rings. The van der Waals surface area contributed by atoms with E-state index >= 15 is 0 Å². The average molecular weight is 281 g/mol. The van der Waals surface area contributed by atoms with Gasteiger partial charge in [0.1, 0.15) is 0 Å². The summed E-state index contributed by atoms with van der Waals surface area (Å²) < 4.78 is 2.20. The van der Waals surface area contributed by atoms with E-state index in [2.05, 4.69) is 33.9 Å². The zero-order valence-electron chi connectivity index (χ0n) is 12.2. The SMILES string of the molecule is CCCC(C)(O)CNCc1c(C)nc2scc(C)n12. The summed E-state index contributed by atoms with van der Waals surface area (Å²) >= 11 is 1.67. The summed E-state index contributed by atoms with van der Waals surface area (Å²) in [4.78, 5) is 5.61. The fourth-order valence-electron chi connectivity index (χ4n) is 2.45. The number of nitrogens with one attached hydrogen (secondary N) is 1. The molecule has 0 saturated carbocycles. The van der Waals surface area contributed by atoms with Crippen molar-refractivity contribution in [1.82, 2.24) is 14.7 Å². The molecule has 19 heavy (non-hydrogen) atoms. The van der Waals surface area contributed by atoms with Gasteiger partial charge in [-0.1, -0.05) is 13.3 Å². The molecule has 1 atom stereocenters. The molecule has 0 aliphatic heterocycles. The van der Waals surface area contributed by atoms with Gasteiger partial charge in [0.2, 0.25) is 0 Å². The summed E-state index contributed by atoms with van der Waals surface area (Å²) in [6.45, 7) is 9.47. The van der Waals surface area contributed by atoms with Gasteiger partial charge in [-0.25, -0.2) is 4.98 Å². The van der Waals surface area contributed by atoms with E-state index in [1.807, 2.05) is 13.8 Å². The predicted octanol–water partition coefficient (Wildman–Crippen LogP) is 2.65. The standard InChI is InChI=1S/C14H23N3OS/c1-5-6-14(4,18)9-15-7-12-11(3)16-13-17(12)10(2)8-19-13/h8,15,18H,5-7,9H2,1-4H3. The molecule has 2 rings (SSSR count). The Kier molecular flexibility index (Phi) is 4.28. The second-order valence-corrected chi connectivity index (χ2v) is 6.33. The second-order valence-electron chi connectivity index (χ2n) is 5.49. The Morgan fingerprint density at radius 2 is 2.21 bits per heavy atom. The maximum atomic E-state index is 10.2. The molecule has 2 N–H and O–H groups in total. The van der Waals surface area contributed by atoms with E-state index < -0.39 is 5.60 Å². The highest BCUT2D eigenvalue weighted by atomic mass is 32.1. The third-order valence-corrected chi connectivity index (χ3v) is 4.36. The van der Waals surface area contributed by atoms with Gasteiger partial charge < -0.3 is 10.4 Å². The van der Waals surface area contributed by atoms with E-state index in [0.717, 1.165) is 30.0 Å². The third kappa shape index (κ3) is 3.16. The van der Waals surface area contributed by atoms with Crippen LogP contribution in [0.15, 0.2) is 5.38 Å². The van der Waals surface area contributed by atoms with Crippen LogP contribution in [0, 0.1) is 13.8 Å². The van der Waals surface area contributed by atoms with Crippen molar-refractivity contribution in [2.75, 3.05) is 6.54 Å². The predicted molar refractivity (Wildman–Crippen MR) is 79.8 cm³/mol. The van der Waals surface area contributed by atoms with Gasteiger partial charge >= 0.3 is 0 Å². The molecule has 0 radical (unpaired) electrons. The summed E-state index contributed by atoms with van der Waals surface area (Å²) in [6, 6.07) is 0. The lowest BCUT2D eigenvalue weighted by atomic mass is 10.0. The lowest BCUT2D eigenvalue weighted by molar-refractivity contribution is 0.0497. The zero-order chi connectivity index (χ0) is 14.0. The van der Waals surface area contributed by atoms with E-state index in [1.165, 1.54) is 11.4 Å². The summed E-state index contributed by atoms with van der Waals surface area (Å²) in [6.07, 6.45) is 1.81. The van der Waals surface area contributed by atoms with Crippen LogP contribution in [0.1, 0.15) is 43.8 Å². The Morgan fingerprint density at radius 3 is 2.89 bits per heavy atom. The molecule has 1 unspecified atom stereocenters. The van der Waals surface area contributed by atoms with E-state index in [-0.39, 0.29) is 0 Å². The van der Waals surface area contributed by atoms with Gasteiger partial charge in [0.05, 0.1) is 17.0 Å². The Bertz CT molecular complexity index is 556. The van der Waals surface area contributed by atoms with Gasteiger partial charge in [-0.05, 0) is 27.2 Å². The molecule has 0 aliphatic carbocycles. The number of imidazole rings is 1. The highest BCUT2D eigenvalue weighted by Gasteiger charge is 2.19. The molecule has 0 aliphatic rings. The minimum atomic E-state index is -0.629. The zero-order valence-corrected chi connectivity index (χ0v) is 13.0. The lowest BCUT2D eigenvalue weighted by Gasteiger charge is -2.23. The summed E-state index contributed by atoms with van der Waals surface area (Å²) in [5, 5.41) is 15.6. The van der Waals surface area contributed by atoms with Crippen LogP contribution in [0.25, 0.3) is 4.96 Å². The molecule has 0 amide bonds. The topological polar surface area (TPSA) is 49.6 Å². The molecule has 2 aromatic rings. The van der Waals surface area contributed by atoms with Crippen molar-refractivity contribution >= 4 is 16.3 Å². The van der Waals surface area contributed by atoms with Gasteiger partial charge in [0, 0.05) is 24.2 Å². The number of hydrogen-bond acceptors (Lipinski definition) is 4. The van der Waals surface area contributed by atoms with Crippen LogP contribution in [0.3, 0.4) is 0 Å². The Morgan fingerprint density at radius 1 is 1.47 bits per heavy atom. The Hall–Kier alpha value is -0.910. The molecule has 4 nitrogen and oxygen atoms in total. The maximum absolute atomic E-state index is 10.2. The molecule has 2 aromatic heterocycles. The van der Waals surface area contributed by atoms with Crippen LogP contribution in [-0.4, -0.2) is 26.6 Å². The third-order valence-electron chi connectivity index (χ3n) is 3.42. The summed E-state index contributed by atoms with van der Waals surface area (Å²) in [7, 11) is 0. The first-order valence-corrected chi connectivity index (χ1v) is 7.67. The normalized spacial score (nSPS) is 15.0. The average Bonchev–Trinajstić information content (AvgIpc) is 2.80. The molecule has 0 aromatic carbocycles. The number of aliphatic hydroxyl groups is 1. The van der Waals surface area contributed by atoms with Crippen molar-refractivity contribution in [3.8, 4) is 0 Å². The van der Waals surface area contributed by atoms with E-state index in [9.17, 15) is 5.11 Å². The van der Waals surface area contributed by atoms with Crippen LogP contribution >= 0.6 is 11.3 Å². The molecular weight excluding hydrogens is 258 g/mol. The van der Waals surface area contributed by atoms with Crippen molar-refractivity contribution in [2.45, 2.75) is 52.7 Å². The Labute approximate surface area is 118 Å². The molecule has 0 saturated heterocycles. The minimum absolute atomic E-state index is 0.608. The Balaban J connectivity index is 2.05. The van der Waals surface area contributed by atoms with E-state index in [1.54, 1.807) is 11.3 Å². The van der Waals surface area contributed by atoms with Crippen LogP contribution in [0.5, 0.6) is 0 Å². The number of aromatic nitrogens is 2. The van der Waals surface area contributed by atoms with Gasteiger partial charge in [0.15, 0.2) is 4.96 Å². The first kappa shape index (κ1) is 14.5. The molecular formula is C14H23N3OS. The van der Waals surface area contributed by atoms with Crippen molar-refractivity contribution < 1.29 is 5.11 Å². The highest BCUT2D eigenvalue weighted by Crippen LogP contribution is 2.20. The number of nitrogens with zero attached hydrogens (tertiary/aromatic N) is 2. The smallest absolute Gasteiger partial charge is 0.194 e. The largest absolute Gasteiger partial charge is 0.389 e. The van der Waals surface area contributed by atoms with Crippen LogP contribution in [0.2, 0.25) is 0 Å². The van der Waals surface area contributed by atoms with Crippen LogP contribution in [0.4, 0.5) is 0 Å². The van der Waals surface area contributed by atoms with E-state index in [4.69, 9.17) is 0 Å². The molecule has 2 heterocycles. The number of hydrogen-bond donors (Lipinski definition) is 2. The van der Waals surface area contributed by atoms with Gasteiger partial charge in [0.25, 0.3) is 0 Å². The number of thiazole rings is 1. The minimum Gasteiger partial charge on any atom is -0.389 e. The molecule has 0 bridgehead atoms. The summed E-state index contributed by atoms with van der Waals surface area (Å²) in [5.41, 5.74) is 2.85. The second kappa shape index (κ2) is 5.61. The fraction of sp³-hybridized carbons (Fsp3) is 0.643. The first-order chi connectivity index (χ1) is 8.94. The highest BCUT2D eigenvalue weighted by molar-refractivity contribution is 7.15. The molecule has 5 heteroatoms. The number of fused-ring (bicyclic) bond motifs is 1. The quantitative estimate of drug-likeness (QED) is 0.856. The van der Waals surface area contributed by atoms with Gasteiger partial charge in [-0.2, -0.15) is 0 Å². The van der Waals surface area contributed by atoms with Gasteiger partial charge in [-0.15, -0.1) is 11.3 Å². The van der Waals surface area contributed by atoms with Crippen molar-refractivity contribution in [1.29, 1.82) is 0 Å². The van der Waals surface area contributed by atoms with E-state index in [0.29, 0.717) is 6.54 Å². The summed E-state index contributed by atoms with van der Waals surface area (Å²) in [5.74, 6) is 0. The van der Waals surface area contributed by atoms with Gasteiger partial charge in [-0.3, -0.25) is 4.40 Å². The maximum Gasteiger partial charge on any atom is 0.194 e. The van der Waals surface area contributed by atoms with Crippen molar-refractivity contribution in [3.05, 3.63) is 22.5 Å². The first-order valence-electron chi connectivity index (χ1n) is 6.80. The lowest BCUT2D eigenvalue weighted by Crippen LogP contribution is -2.37. The number of rotatable bonds is 6. The molecule has 106 valence electrons. The van der Waals surface area contributed by atoms with Crippen LogP contribution in [-0.2, 0) is 6.54 Å². The van der Waals surface area contributed by atoms with Crippen molar-refractivity contribution in [2.24, 2.45) is 0 Å². The van der Waals surface area contributed by atoms with Crippen LogP contribution < -0.4 is 5.32 Å². The molecule has 0 spiro atoms.